The second kappa shape index (κ2) is 17.5. The van der Waals surface area contributed by atoms with Gasteiger partial charge < -0.3 is 24.8 Å². The molecule has 2 bridgehead atoms. The normalized spacial score (nSPS) is 22.6. The number of imide groups is 2. The molecule has 18 nitrogen and oxygen atoms in total. The van der Waals surface area contributed by atoms with E-state index in [1.165, 1.54) is 0 Å². The molecule has 3 saturated heterocycles. The van der Waals surface area contributed by atoms with Gasteiger partial charge in [0.2, 0.25) is 29.6 Å². The van der Waals surface area contributed by atoms with Gasteiger partial charge in [-0.1, -0.05) is 13.0 Å². The van der Waals surface area contributed by atoms with Gasteiger partial charge in [-0.2, -0.15) is 10.1 Å². The highest BCUT2D eigenvalue weighted by molar-refractivity contribution is 6.24. The number of aromatic nitrogens is 3. The number of aliphatic imine (C=N–C) groups is 1. The molecule has 6 aliphatic heterocycles. The molecule has 8 heterocycles. The topological polar surface area (TPSA) is 195 Å². The minimum absolute atomic E-state index is 0.0655. The Bertz CT molecular complexity index is 2700. The number of ether oxygens (including phenoxy) is 1. The van der Waals surface area contributed by atoms with Crippen molar-refractivity contribution in [2.24, 2.45) is 23.9 Å². The molecule has 1 unspecified atom stereocenters. The molecular weight excluding hydrogens is 843 g/mol. The van der Waals surface area contributed by atoms with E-state index < -0.39 is 29.7 Å². The van der Waals surface area contributed by atoms with Crippen molar-refractivity contribution in [3.63, 3.8) is 0 Å². The van der Waals surface area contributed by atoms with Crippen LogP contribution in [0.1, 0.15) is 87.8 Å². The zero-order valence-electron chi connectivity index (χ0n) is 37.4. The van der Waals surface area contributed by atoms with E-state index in [1.807, 2.05) is 24.9 Å². The first-order valence-corrected chi connectivity index (χ1v) is 22.9. The fraction of sp³-hybridized carbons (Fsp3) is 0.438. The van der Waals surface area contributed by atoms with Crippen molar-refractivity contribution in [2.75, 3.05) is 67.5 Å². The van der Waals surface area contributed by atoms with E-state index in [0.717, 1.165) is 59.0 Å². The van der Waals surface area contributed by atoms with Gasteiger partial charge in [0.05, 0.1) is 46.6 Å². The fourth-order valence-electron chi connectivity index (χ4n) is 10.1. The van der Waals surface area contributed by atoms with Crippen molar-refractivity contribution in [2.45, 2.75) is 65.0 Å². The first-order chi connectivity index (χ1) is 31.9. The summed E-state index contributed by atoms with van der Waals surface area (Å²) < 4.78 is 7.94. The lowest BCUT2D eigenvalue weighted by molar-refractivity contribution is -0.138. The number of carbonyl (C=O) groups excluding carboxylic acids is 6. The predicted octanol–water partition coefficient (Wildman–Crippen LogP) is 3.99. The number of guanidine groups is 1. The molecule has 2 aromatic carbocycles. The molecule has 0 spiro atoms. The summed E-state index contributed by atoms with van der Waals surface area (Å²) in [6.07, 6.45) is 4.97. The number of hydrogen-bond acceptors (Lipinski definition) is 13. The van der Waals surface area contributed by atoms with Crippen LogP contribution in [0.3, 0.4) is 0 Å². The van der Waals surface area contributed by atoms with Gasteiger partial charge in [-0.25, -0.2) is 4.68 Å². The van der Waals surface area contributed by atoms with Crippen molar-refractivity contribution in [1.82, 2.24) is 34.8 Å². The van der Waals surface area contributed by atoms with Crippen LogP contribution >= 0.6 is 0 Å². The quantitative estimate of drug-likeness (QED) is 0.274. The van der Waals surface area contributed by atoms with Crippen LogP contribution in [0.5, 0.6) is 5.88 Å². The number of pyridine rings is 1. The Kier molecular flexibility index (Phi) is 11.4. The number of benzene rings is 2. The number of nitrogens with one attached hydrogen (secondary N) is 2. The van der Waals surface area contributed by atoms with Gasteiger partial charge in [0.1, 0.15) is 6.04 Å². The number of rotatable bonds is 5. The van der Waals surface area contributed by atoms with Crippen LogP contribution in [0.25, 0.3) is 11.3 Å². The number of piperidine rings is 2. The average Bonchev–Trinajstić information content (AvgIpc) is 3.93. The number of amides is 6. The Morgan fingerprint density at radius 1 is 0.848 bits per heavy atom. The summed E-state index contributed by atoms with van der Waals surface area (Å²) in [5.41, 5.74) is 6.76. The van der Waals surface area contributed by atoms with Crippen molar-refractivity contribution in [3.8, 4) is 17.1 Å². The van der Waals surface area contributed by atoms with E-state index in [9.17, 15) is 28.8 Å². The molecule has 342 valence electrons. The third-order valence-corrected chi connectivity index (χ3v) is 13.7. The van der Waals surface area contributed by atoms with Gasteiger partial charge >= 0.3 is 0 Å². The van der Waals surface area contributed by atoms with Crippen molar-refractivity contribution in [3.05, 3.63) is 82.7 Å². The molecule has 0 aliphatic carbocycles. The van der Waals surface area contributed by atoms with Crippen LogP contribution in [0.4, 0.5) is 17.1 Å². The predicted molar refractivity (Wildman–Crippen MR) is 244 cm³/mol. The Morgan fingerprint density at radius 2 is 1.64 bits per heavy atom. The zero-order valence-corrected chi connectivity index (χ0v) is 37.4. The highest BCUT2D eigenvalue weighted by atomic mass is 16.5. The van der Waals surface area contributed by atoms with E-state index in [0.29, 0.717) is 87.5 Å². The standard InChI is InChI=1S/C48H53N11O7/c1-28-5-4-20-66-47-36(25-49-54(47)3)38-23-32(21-29(2)50-38)42(61)53-48-51-37-9-6-30(22-40(37)58(48)26-28)27-55-16-18-57(19-17-55)44(63)31-12-14-56(15-13-31)33-7-8-34-35(24-33)46(65)59(45(34)64)39-10-11-41(60)52-43(39)62/h6-9,21-25,28,31,39H,4-5,10-20,26-27H2,1-3H3,(H,51,53,61)(H,52,60,62)/t28-,39?/m1/s1. The van der Waals surface area contributed by atoms with E-state index in [2.05, 4.69) is 60.5 Å². The van der Waals surface area contributed by atoms with Gasteiger partial charge in [0, 0.05) is 88.7 Å². The molecule has 66 heavy (non-hydrogen) atoms. The molecule has 2 atom stereocenters. The van der Waals surface area contributed by atoms with Gasteiger partial charge in [-0.3, -0.25) is 48.9 Å². The largest absolute Gasteiger partial charge is 0.477 e. The molecule has 10 rings (SSSR count). The number of anilines is 3. The fourth-order valence-corrected chi connectivity index (χ4v) is 10.1. The summed E-state index contributed by atoms with van der Waals surface area (Å²) in [6.45, 7) is 9.99. The van der Waals surface area contributed by atoms with Gasteiger partial charge in [0.25, 0.3) is 17.7 Å². The Hall–Kier alpha value is -6.95. The molecule has 6 amide bonds. The van der Waals surface area contributed by atoms with Gasteiger partial charge in [-0.15, -0.1) is 0 Å². The summed E-state index contributed by atoms with van der Waals surface area (Å²) >= 11 is 0. The third-order valence-electron chi connectivity index (χ3n) is 13.7. The molecule has 0 saturated carbocycles. The van der Waals surface area contributed by atoms with Crippen molar-refractivity contribution in [1.29, 1.82) is 0 Å². The second-order valence-electron chi connectivity index (χ2n) is 18.3. The maximum absolute atomic E-state index is 13.8. The lowest BCUT2D eigenvalue weighted by Gasteiger charge is -2.39. The smallest absolute Gasteiger partial charge is 0.280 e. The monoisotopic (exact) mass is 895 g/mol. The first-order valence-electron chi connectivity index (χ1n) is 22.9. The molecule has 18 heteroatoms. The Morgan fingerprint density at radius 3 is 2.42 bits per heavy atom. The van der Waals surface area contributed by atoms with Gasteiger partial charge in [0.15, 0.2) is 0 Å². The maximum Gasteiger partial charge on any atom is 0.280 e. The van der Waals surface area contributed by atoms with E-state index >= 15 is 0 Å². The number of nitrogens with zero attached hydrogens (tertiary/aromatic N) is 9. The van der Waals surface area contributed by atoms with Crippen LogP contribution < -0.4 is 25.2 Å². The molecule has 3 fully saturated rings. The average molecular weight is 896 g/mol. The molecule has 4 aromatic rings. The van der Waals surface area contributed by atoms with Crippen LogP contribution in [0.15, 0.2) is 59.7 Å². The number of hydrogen-bond donors (Lipinski definition) is 2. The molecule has 2 N–H and O–H groups in total. The summed E-state index contributed by atoms with van der Waals surface area (Å²) in [5.74, 6) is -1.02. The minimum atomic E-state index is -1.01. The van der Waals surface area contributed by atoms with E-state index in [-0.39, 0.29) is 47.6 Å². The summed E-state index contributed by atoms with van der Waals surface area (Å²) in [4.78, 5) is 97.4. The summed E-state index contributed by atoms with van der Waals surface area (Å²) in [5, 5.41) is 10.1. The molecule has 0 radical (unpaired) electrons. The number of aryl methyl sites for hydroxylation is 2. The Labute approximate surface area is 381 Å². The van der Waals surface area contributed by atoms with Crippen LogP contribution in [-0.4, -0.2) is 129 Å². The molecule has 2 aromatic heterocycles. The number of fused-ring (bicyclic) bond motifs is 8. The summed E-state index contributed by atoms with van der Waals surface area (Å²) in [6, 6.07) is 14.0. The Balaban J connectivity index is 0.756. The molecular formula is C48H53N11O7. The third kappa shape index (κ3) is 8.18. The SMILES string of the molecule is Cc1cc2cc(n1)-c1cnn(C)c1OCCC[C@@H](C)CN1/C(=N/C2=O)Nc2ccc(CN3CCN(C(=O)C4CCN(c5ccc6c(c5)C(=O)N(C5CCC(=O)NC5=O)C6=O)CC4)CC3)cc21. The van der Waals surface area contributed by atoms with Crippen LogP contribution in [0.2, 0.25) is 0 Å². The first kappa shape index (κ1) is 43.0. The van der Waals surface area contributed by atoms with E-state index in [4.69, 9.17) is 9.72 Å². The lowest BCUT2D eigenvalue weighted by Crippen LogP contribution is -2.54. The molecule has 6 aliphatic rings. The minimum Gasteiger partial charge on any atom is -0.477 e. The van der Waals surface area contributed by atoms with Crippen LogP contribution in [-0.2, 0) is 28.0 Å². The zero-order chi connectivity index (χ0) is 45.8. The maximum atomic E-state index is 13.8. The van der Waals surface area contributed by atoms with Crippen LogP contribution in [0, 0.1) is 18.8 Å². The second-order valence-corrected chi connectivity index (χ2v) is 18.3. The van der Waals surface area contributed by atoms with Gasteiger partial charge in [-0.05, 0) is 93.0 Å². The number of piperazine rings is 1. The highest BCUT2D eigenvalue weighted by Crippen LogP contribution is 2.37. The highest BCUT2D eigenvalue weighted by Gasteiger charge is 2.45. The van der Waals surface area contributed by atoms with Crippen molar-refractivity contribution < 1.29 is 33.5 Å². The van der Waals surface area contributed by atoms with Crippen molar-refractivity contribution >= 4 is 58.5 Å². The lowest BCUT2D eigenvalue weighted by atomic mass is 9.94. The number of carbonyl (C=O) groups is 6. The van der Waals surface area contributed by atoms with E-state index in [1.54, 1.807) is 35.1 Å². The summed E-state index contributed by atoms with van der Waals surface area (Å²) in [7, 11) is 1.84.